The first-order chi connectivity index (χ1) is 9.31. The van der Waals surface area contributed by atoms with Crippen LogP contribution in [0, 0.1) is 5.41 Å². The Morgan fingerprint density at radius 2 is 2.25 bits per heavy atom. The Bertz CT molecular complexity index is 636. The van der Waals surface area contributed by atoms with Gasteiger partial charge in [-0.05, 0) is 16.7 Å². The van der Waals surface area contributed by atoms with E-state index in [-0.39, 0.29) is 6.54 Å². The molecule has 7 heteroatoms. The quantitative estimate of drug-likeness (QED) is 0.517. The van der Waals surface area contributed by atoms with Gasteiger partial charge in [0.15, 0.2) is 0 Å². The van der Waals surface area contributed by atoms with Gasteiger partial charge < -0.3 is 5.73 Å². The first kappa shape index (κ1) is 16.1. The molecule has 6 nitrogen and oxygen atoms in total. The summed E-state index contributed by atoms with van der Waals surface area (Å²) in [5.41, 5.74) is 8.07. The van der Waals surface area contributed by atoms with Gasteiger partial charge in [-0.15, -0.1) is 0 Å². The number of nitrogens with one attached hydrogen (secondary N) is 2. The number of hydrogen-bond donors (Lipinski definition) is 3. The highest BCUT2D eigenvalue weighted by Crippen LogP contribution is 2.17. The first-order valence-electron chi connectivity index (χ1n) is 5.84. The molecular weight excluding hydrogens is 276 g/mol. The highest BCUT2D eigenvalue weighted by atomic mass is 32.2. The van der Waals surface area contributed by atoms with Crippen LogP contribution < -0.4 is 10.5 Å². The zero-order chi connectivity index (χ0) is 15.2. The molecule has 0 aliphatic carbocycles. The fraction of sp³-hybridized carbons (Fsp3) is 0.231. The lowest BCUT2D eigenvalue weighted by molar-refractivity contribution is 0.587. The first-order valence-corrected chi connectivity index (χ1v) is 7.74. The normalized spacial score (nSPS) is 12.2. The zero-order valence-corrected chi connectivity index (χ0v) is 12.1. The van der Waals surface area contributed by atoms with Gasteiger partial charge in [0, 0.05) is 13.0 Å². The van der Waals surface area contributed by atoms with Crippen LogP contribution in [0.2, 0.25) is 0 Å². The Labute approximate surface area is 119 Å². The molecule has 0 spiro atoms. The predicted molar refractivity (Wildman–Crippen MR) is 82.2 cm³/mol. The second-order valence-corrected chi connectivity index (χ2v) is 6.16. The van der Waals surface area contributed by atoms with Gasteiger partial charge in [-0.25, -0.2) is 18.1 Å². The minimum Gasteiger partial charge on any atom is -0.387 e. The van der Waals surface area contributed by atoms with Gasteiger partial charge in [-0.2, -0.15) is 0 Å². The summed E-state index contributed by atoms with van der Waals surface area (Å²) in [5.74, 6) is 0.310. The lowest BCUT2D eigenvalue weighted by Gasteiger charge is -2.08. The monoisotopic (exact) mass is 294 g/mol. The molecule has 0 saturated heterocycles. The number of sulfonamides is 1. The van der Waals surface area contributed by atoms with Crippen molar-refractivity contribution in [2.75, 3.05) is 6.26 Å². The van der Waals surface area contributed by atoms with E-state index in [0.29, 0.717) is 12.3 Å². The average Bonchev–Trinajstić information content (AvgIpc) is 2.36. The molecule has 1 rings (SSSR count). The third kappa shape index (κ3) is 5.77. The highest BCUT2D eigenvalue weighted by molar-refractivity contribution is 7.88. The molecule has 108 valence electrons. The molecule has 0 amide bonds. The van der Waals surface area contributed by atoms with Crippen LogP contribution in [0.1, 0.15) is 17.5 Å². The fourth-order valence-electron chi connectivity index (χ4n) is 1.56. The molecule has 0 saturated carbocycles. The summed E-state index contributed by atoms with van der Waals surface area (Å²) in [6.07, 6.45) is 2.36. The van der Waals surface area contributed by atoms with E-state index >= 15 is 0 Å². The van der Waals surface area contributed by atoms with E-state index in [4.69, 9.17) is 11.1 Å². The van der Waals surface area contributed by atoms with Crippen molar-refractivity contribution in [1.82, 2.24) is 4.72 Å². The second kappa shape index (κ2) is 6.97. The van der Waals surface area contributed by atoms with E-state index < -0.39 is 10.0 Å². The van der Waals surface area contributed by atoms with Gasteiger partial charge in [-0.1, -0.05) is 30.8 Å². The predicted octanol–water partition coefficient (Wildman–Crippen LogP) is 1.10. The van der Waals surface area contributed by atoms with E-state index in [0.717, 1.165) is 29.3 Å². The summed E-state index contributed by atoms with van der Waals surface area (Å²) < 4.78 is 24.5. The van der Waals surface area contributed by atoms with Crippen LogP contribution in [0.25, 0.3) is 5.57 Å². The van der Waals surface area contributed by atoms with Crippen molar-refractivity contribution in [3.63, 3.8) is 0 Å². The molecule has 0 radical (unpaired) electrons. The summed E-state index contributed by atoms with van der Waals surface area (Å²) in [4.78, 5) is 3.66. The van der Waals surface area contributed by atoms with Crippen molar-refractivity contribution in [2.45, 2.75) is 13.0 Å². The summed E-state index contributed by atoms with van der Waals surface area (Å²) in [7, 11) is -3.22. The molecule has 20 heavy (non-hydrogen) atoms. The van der Waals surface area contributed by atoms with Crippen molar-refractivity contribution in [3.8, 4) is 0 Å². The number of rotatable bonds is 7. The molecule has 1 aromatic carbocycles. The Hall–Kier alpha value is -1.99. The maximum Gasteiger partial charge on any atom is 0.209 e. The van der Waals surface area contributed by atoms with E-state index in [1.807, 2.05) is 24.3 Å². The summed E-state index contributed by atoms with van der Waals surface area (Å²) in [6.45, 7) is 4.15. The fourth-order valence-corrected chi connectivity index (χ4v) is 1.99. The SMILES string of the molecule is C=C(CC(N)=NC=N)c1cccc(CNS(C)(=O)=O)c1. The van der Waals surface area contributed by atoms with Gasteiger partial charge in [0.25, 0.3) is 0 Å². The van der Waals surface area contributed by atoms with Crippen LogP contribution in [0.4, 0.5) is 0 Å². The van der Waals surface area contributed by atoms with E-state index in [9.17, 15) is 8.42 Å². The largest absolute Gasteiger partial charge is 0.387 e. The van der Waals surface area contributed by atoms with Gasteiger partial charge in [-0.3, -0.25) is 5.41 Å². The molecule has 0 bridgehead atoms. The van der Waals surface area contributed by atoms with Crippen molar-refractivity contribution < 1.29 is 8.42 Å². The zero-order valence-electron chi connectivity index (χ0n) is 11.3. The lowest BCUT2D eigenvalue weighted by atomic mass is 10.0. The van der Waals surface area contributed by atoms with Crippen molar-refractivity contribution in [1.29, 1.82) is 5.41 Å². The average molecular weight is 294 g/mol. The summed E-state index contributed by atoms with van der Waals surface area (Å²) in [6, 6.07) is 7.36. The number of aliphatic imine (C=N–C) groups is 1. The van der Waals surface area contributed by atoms with E-state index in [1.165, 1.54) is 0 Å². The molecule has 0 aliphatic rings. The molecule has 4 N–H and O–H groups in total. The van der Waals surface area contributed by atoms with Crippen LogP contribution in [-0.2, 0) is 16.6 Å². The maximum absolute atomic E-state index is 11.1. The van der Waals surface area contributed by atoms with Crippen molar-refractivity contribution >= 4 is 27.8 Å². The molecule has 0 aromatic heterocycles. The Morgan fingerprint density at radius 1 is 1.55 bits per heavy atom. The number of hydrogen-bond acceptors (Lipinski definition) is 3. The molecule has 0 heterocycles. The standard InChI is InChI=1S/C13H18N4O2S/c1-10(6-13(15)16-9-14)12-5-3-4-11(7-12)8-17-20(2,18)19/h3-5,7,9,17H,1,6,8H2,2H3,(H3,14,15,16). The highest BCUT2D eigenvalue weighted by Gasteiger charge is 2.05. The second-order valence-electron chi connectivity index (χ2n) is 4.32. The van der Waals surface area contributed by atoms with Crippen LogP contribution >= 0.6 is 0 Å². The van der Waals surface area contributed by atoms with Gasteiger partial charge in [0.2, 0.25) is 10.0 Å². The number of amidine groups is 1. The summed E-state index contributed by atoms with van der Waals surface area (Å²) in [5, 5.41) is 6.84. The van der Waals surface area contributed by atoms with Crippen molar-refractivity contribution in [3.05, 3.63) is 42.0 Å². The number of benzene rings is 1. The lowest BCUT2D eigenvalue weighted by Crippen LogP contribution is -2.21. The third-order valence-corrected chi connectivity index (χ3v) is 3.17. The third-order valence-electron chi connectivity index (χ3n) is 2.50. The van der Waals surface area contributed by atoms with Gasteiger partial charge in [0.1, 0.15) is 12.2 Å². The van der Waals surface area contributed by atoms with Crippen LogP contribution in [0.15, 0.2) is 35.8 Å². The maximum atomic E-state index is 11.1. The number of nitrogens with two attached hydrogens (primary N) is 1. The smallest absolute Gasteiger partial charge is 0.209 e. The minimum absolute atomic E-state index is 0.226. The van der Waals surface area contributed by atoms with E-state index in [2.05, 4.69) is 16.3 Å². The van der Waals surface area contributed by atoms with Crippen molar-refractivity contribution in [2.24, 2.45) is 10.7 Å². The minimum atomic E-state index is -3.22. The molecule has 0 fully saturated rings. The van der Waals surface area contributed by atoms with Crippen LogP contribution in [-0.4, -0.2) is 26.8 Å². The molecule has 0 unspecified atom stereocenters. The molecule has 0 aliphatic heterocycles. The topological polar surface area (TPSA) is 108 Å². The molecular formula is C13H18N4O2S. The summed E-state index contributed by atoms with van der Waals surface area (Å²) >= 11 is 0. The molecule has 0 atom stereocenters. The Balaban J connectivity index is 2.79. The Kier molecular flexibility index (Phi) is 5.60. The van der Waals surface area contributed by atoms with Gasteiger partial charge >= 0.3 is 0 Å². The molecule has 1 aromatic rings. The van der Waals surface area contributed by atoms with Crippen LogP contribution in [0.3, 0.4) is 0 Å². The Morgan fingerprint density at radius 3 is 2.85 bits per heavy atom. The van der Waals surface area contributed by atoms with E-state index in [1.54, 1.807) is 0 Å². The van der Waals surface area contributed by atoms with Gasteiger partial charge in [0.05, 0.1) is 6.26 Å². The number of nitrogens with zero attached hydrogens (tertiary/aromatic N) is 1. The van der Waals surface area contributed by atoms with Crippen LogP contribution in [0.5, 0.6) is 0 Å².